The molecule has 0 saturated carbocycles. The smallest absolute Gasteiger partial charge is 0.298 e. The maximum absolute atomic E-state index is 11.0. The molecule has 1 atom stereocenters. The molecule has 6 nitrogen and oxygen atoms in total. The van der Waals surface area contributed by atoms with Crippen LogP contribution < -0.4 is 15.2 Å². The molecular formula is C15H19N3O3S. The van der Waals surface area contributed by atoms with Crippen LogP contribution >= 0.6 is 11.5 Å². The van der Waals surface area contributed by atoms with Gasteiger partial charge in [0, 0.05) is 16.9 Å². The third-order valence-corrected chi connectivity index (χ3v) is 3.42. The molecule has 0 radical (unpaired) electrons. The van der Waals surface area contributed by atoms with E-state index >= 15 is 0 Å². The van der Waals surface area contributed by atoms with Crippen molar-refractivity contribution in [2.45, 2.75) is 39.2 Å². The summed E-state index contributed by atoms with van der Waals surface area (Å²) in [6.07, 6.45) is -0.677. The SMILES string of the molecule is CC(Oc1ccc(Oc2nc(C(C)(C)C)ns2)cc1)C(N)=O. The number of nitrogens with two attached hydrogens (primary N) is 1. The molecule has 0 bridgehead atoms. The molecule has 0 fully saturated rings. The molecule has 1 unspecified atom stereocenters. The number of amides is 1. The highest BCUT2D eigenvalue weighted by atomic mass is 32.1. The fraction of sp³-hybridized carbons (Fsp3) is 0.400. The number of nitrogens with zero attached hydrogens (tertiary/aromatic N) is 2. The summed E-state index contributed by atoms with van der Waals surface area (Å²) >= 11 is 1.21. The van der Waals surface area contributed by atoms with Gasteiger partial charge in [0.15, 0.2) is 11.9 Å². The lowest BCUT2D eigenvalue weighted by Crippen LogP contribution is -2.30. The highest BCUT2D eigenvalue weighted by molar-refractivity contribution is 7.07. The van der Waals surface area contributed by atoms with Gasteiger partial charge >= 0.3 is 0 Å². The van der Waals surface area contributed by atoms with Gasteiger partial charge in [0.05, 0.1) is 0 Å². The molecule has 0 aliphatic rings. The number of primary amides is 1. The Balaban J connectivity index is 2.02. The van der Waals surface area contributed by atoms with E-state index in [0.717, 1.165) is 5.82 Å². The van der Waals surface area contributed by atoms with Crippen LogP contribution in [-0.2, 0) is 10.2 Å². The van der Waals surface area contributed by atoms with E-state index in [1.165, 1.54) is 11.5 Å². The number of ether oxygens (including phenoxy) is 2. The zero-order chi connectivity index (χ0) is 16.3. The van der Waals surface area contributed by atoms with Gasteiger partial charge in [0.1, 0.15) is 11.5 Å². The predicted molar refractivity (Wildman–Crippen MR) is 84.4 cm³/mol. The van der Waals surface area contributed by atoms with E-state index in [1.54, 1.807) is 31.2 Å². The molecule has 1 aromatic carbocycles. The van der Waals surface area contributed by atoms with Gasteiger partial charge < -0.3 is 15.2 Å². The largest absolute Gasteiger partial charge is 0.481 e. The van der Waals surface area contributed by atoms with E-state index in [2.05, 4.69) is 9.36 Å². The average Bonchev–Trinajstić information content (AvgIpc) is 2.89. The van der Waals surface area contributed by atoms with Crippen molar-refractivity contribution >= 4 is 17.4 Å². The first-order valence-corrected chi connectivity index (χ1v) is 7.61. The summed E-state index contributed by atoms with van der Waals surface area (Å²) in [6, 6.07) is 6.89. The molecule has 1 amide bonds. The lowest BCUT2D eigenvalue weighted by molar-refractivity contribution is -0.123. The van der Waals surface area contributed by atoms with Crippen molar-refractivity contribution in [3.8, 4) is 16.7 Å². The molecule has 0 aliphatic carbocycles. The van der Waals surface area contributed by atoms with Crippen LogP contribution in [0, 0.1) is 0 Å². The van der Waals surface area contributed by atoms with Crippen LogP contribution in [0.25, 0.3) is 0 Å². The van der Waals surface area contributed by atoms with E-state index in [0.29, 0.717) is 16.7 Å². The molecular weight excluding hydrogens is 302 g/mol. The van der Waals surface area contributed by atoms with Crippen molar-refractivity contribution in [1.82, 2.24) is 9.36 Å². The average molecular weight is 321 g/mol. The second kappa shape index (κ2) is 6.31. The number of aromatic nitrogens is 2. The Bertz CT molecular complexity index is 647. The van der Waals surface area contributed by atoms with Crippen molar-refractivity contribution in [2.75, 3.05) is 0 Å². The molecule has 0 aliphatic heterocycles. The normalized spacial score (nSPS) is 12.7. The van der Waals surface area contributed by atoms with E-state index in [-0.39, 0.29) is 5.41 Å². The Morgan fingerprint density at radius 3 is 2.32 bits per heavy atom. The van der Waals surface area contributed by atoms with Crippen LogP contribution in [0.3, 0.4) is 0 Å². The van der Waals surface area contributed by atoms with Crippen LogP contribution in [0.5, 0.6) is 16.7 Å². The Morgan fingerprint density at radius 2 is 1.82 bits per heavy atom. The lowest BCUT2D eigenvalue weighted by atomic mass is 9.96. The van der Waals surface area contributed by atoms with Gasteiger partial charge in [0.2, 0.25) is 0 Å². The third kappa shape index (κ3) is 4.17. The van der Waals surface area contributed by atoms with Crippen molar-refractivity contribution < 1.29 is 14.3 Å². The lowest BCUT2D eigenvalue weighted by Gasteiger charge is -2.12. The van der Waals surface area contributed by atoms with E-state index in [9.17, 15) is 4.79 Å². The predicted octanol–water partition coefficient (Wildman–Crippen LogP) is 2.88. The van der Waals surface area contributed by atoms with E-state index in [1.807, 2.05) is 20.8 Å². The number of hydrogen-bond donors (Lipinski definition) is 1. The molecule has 7 heteroatoms. The van der Waals surface area contributed by atoms with Gasteiger partial charge in [-0.05, 0) is 31.2 Å². The third-order valence-electron chi connectivity index (χ3n) is 2.82. The minimum Gasteiger partial charge on any atom is -0.481 e. The highest BCUT2D eigenvalue weighted by Crippen LogP contribution is 2.28. The van der Waals surface area contributed by atoms with Gasteiger partial charge in [-0.1, -0.05) is 20.8 Å². The second-order valence-electron chi connectivity index (χ2n) is 5.87. The minimum absolute atomic E-state index is 0.110. The summed E-state index contributed by atoms with van der Waals surface area (Å²) in [5, 5.41) is 0.490. The number of carbonyl (C=O) groups is 1. The number of rotatable bonds is 5. The van der Waals surface area contributed by atoms with Crippen LogP contribution in [0.1, 0.15) is 33.5 Å². The Labute approximate surface area is 133 Å². The van der Waals surface area contributed by atoms with E-state index < -0.39 is 12.0 Å². The van der Waals surface area contributed by atoms with Gasteiger partial charge in [-0.25, -0.2) is 0 Å². The molecule has 0 spiro atoms. The first-order valence-electron chi connectivity index (χ1n) is 6.84. The fourth-order valence-electron chi connectivity index (χ4n) is 1.50. The monoisotopic (exact) mass is 321 g/mol. The molecule has 22 heavy (non-hydrogen) atoms. The topological polar surface area (TPSA) is 87.3 Å². The van der Waals surface area contributed by atoms with Crippen molar-refractivity contribution in [2.24, 2.45) is 5.73 Å². The molecule has 0 saturated heterocycles. The Morgan fingerprint density at radius 1 is 1.23 bits per heavy atom. The summed E-state index contributed by atoms with van der Waals surface area (Å²) < 4.78 is 15.3. The zero-order valence-electron chi connectivity index (χ0n) is 13.0. The molecule has 2 rings (SSSR count). The first kappa shape index (κ1) is 16.2. The van der Waals surface area contributed by atoms with Crippen molar-refractivity contribution in [3.63, 3.8) is 0 Å². The Hall–Kier alpha value is -2.15. The van der Waals surface area contributed by atoms with Gasteiger partial charge in [0.25, 0.3) is 11.1 Å². The van der Waals surface area contributed by atoms with E-state index in [4.69, 9.17) is 15.2 Å². The van der Waals surface area contributed by atoms with Crippen LogP contribution in [0.2, 0.25) is 0 Å². The first-order chi connectivity index (χ1) is 10.3. The number of hydrogen-bond acceptors (Lipinski definition) is 6. The fourth-order valence-corrected chi connectivity index (χ4v) is 2.24. The maximum atomic E-state index is 11.0. The summed E-state index contributed by atoms with van der Waals surface area (Å²) in [7, 11) is 0. The summed E-state index contributed by atoms with van der Waals surface area (Å²) in [5.74, 6) is 1.41. The summed E-state index contributed by atoms with van der Waals surface area (Å²) in [5.41, 5.74) is 5.04. The van der Waals surface area contributed by atoms with Gasteiger partial charge in [-0.2, -0.15) is 9.36 Å². The molecule has 2 N–H and O–H groups in total. The molecule has 118 valence electrons. The summed E-state index contributed by atoms with van der Waals surface area (Å²) in [6.45, 7) is 7.74. The quantitative estimate of drug-likeness (QED) is 0.915. The second-order valence-corrected chi connectivity index (χ2v) is 6.58. The highest BCUT2D eigenvalue weighted by Gasteiger charge is 2.20. The maximum Gasteiger partial charge on any atom is 0.298 e. The minimum atomic E-state index is -0.677. The molecule has 2 aromatic rings. The molecule has 1 heterocycles. The van der Waals surface area contributed by atoms with Crippen LogP contribution in [-0.4, -0.2) is 21.4 Å². The summed E-state index contributed by atoms with van der Waals surface area (Å²) in [4.78, 5) is 15.3. The zero-order valence-corrected chi connectivity index (χ0v) is 13.8. The van der Waals surface area contributed by atoms with Crippen molar-refractivity contribution in [1.29, 1.82) is 0 Å². The number of carbonyl (C=O) groups excluding carboxylic acids is 1. The van der Waals surface area contributed by atoms with Gasteiger partial charge in [-0.3, -0.25) is 4.79 Å². The molecule has 1 aromatic heterocycles. The van der Waals surface area contributed by atoms with Crippen LogP contribution in [0.15, 0.2) is 24.3 Å². The van der Waals surface area contributed by atoms with Crippen molar-refractivity contribution in [3.05, 3.63) is 30.1 Å². The number of benzene rings is 1. The van der Waals surface area contributed by atoms with Gasteiger partial charge in [-0.15, -0.1) is 0 Å². The van der Waals surface area contributed by atoms with Crippen LogP contribution in [0.4, 0.5) is 0 Å². The Kier molecular flexibility index (Phi) is 4.65. The standard InChI is InChI=1S/C15H19N3O3S/c1-9(12(16)19)20-10-5-7-11(8-6-10)21-14-17-13(18-22-14)15(2,3)4/h5-9H,1-4H3,(H2,16,19).